The van der Waals surface area contributed by atoms with Crippen LogP contribution in [0.4, 0.5) is 5.13 Å². The summed E-state index contributed by atoms with van der Waals surface area (Å²) < 4.78 is 25.5. The molecular formula is C14H15N3O3S2. The third-order valence-corrected chi connectivity index (χ3v) is 5.64. The number of anilines is 1. The Kier molecular flexibility index (Phi) is 3.98. The van der Waals surface area contributed by atoms with Crippen LogP contribution in [0.3, 0.4) is 0 Å². The molecule has 116 valence electrons. The second-order valence-corrected chi connectivity index (χ2v) is 7.78. The summed E-state index contributed by atoms with van der Waals surface area (Å²) in [5, 5.41) is 5.27. The van der Waals surface area contributed by atoms with E-state index in [1.165, 1.54) is 55.5 Å². The Labute approximate surface area is 132 Å². The maximum atomic E-state index is 12.1. The molecule has 0 unspecified atom stereocenters. The minimum absolute atomic E-state index is 0.122. The zero-order valence-electron chi connectivity index (χ0n) is 11.9. The fraction of sp³-hybridized carbons (Fsp3) is 0.286. The Morgan fingerprint density at radius 3 is 2.55 bits per heavy atom. The zero-order chi connectivity index (χ0) is 15.7. The molecule has 1 aliphatic rings. The molecule has 0 spiro atoms. The number of carbonyl (C=O) groups is 1. The first-order valence-electron chi connectivity index (χ1n) is 6.80. The second-order valence-electron chi connectivity index (χ2n) is 5.04. The summed E-state index contributed by atoms with van der Waals surface area (Å²) in [7, 11) is -2.15. The molecule has 2 aromatic rings. The van der Waals surface area contributed by atoms with Crippen molar-refractivity contribution in [3.05, 3.63) is 40.9 Å². The fourth-order valence-corrected chi connectivity index (χ4v) is 3.50. The van der Waals surface area contributed by atoms with Crippen molar-refractivity contribution in [1.29, 1.82) is 0 Å². The van der Waals surface area contributed by atoms with E-state index in [1.807, 2.05) is 5.38 Å². The lowest BCUT2D eigenvalue weighted by atomic mass is 10.2. The van der Waals surface area contributed by atoms with Gasteiger partial charge in [0.05, 0.1) is 10.6 Å². The number of hydrogen-bond acceptors (Lipinski definition) is 5. The molecule has 22 heavy (non-hydrogen) atoms. The van der Waals surface area contributed by atoms with E-state index in [0.29, 0.717) is 16.6 Å². The quantitative estimate of drug-likeness (QED) is 0.875. The number of benzene rings is 1. The van der Waals surface area contributed by atoms with Gasteiger partial charge in [-0.25, -0.2) is 18.1 Å². The van der Waals surface area contributed by atoms with Gasteiger partial charge in [0.25, 0.3) is 5.91 Å². The molecule has 1 aromatic heterocycles. The predicted octanol–water partition coefficient (Wildman–Crippen LogP) is 2.18. The van der Waals surface area contributed by atoms with Crippen molar-refractivity contribution in [1.82, 2.24) is 9.71 Å². The second kappa shape index (κ2) is 5.79. The zero-order valence-corrected chi connectivity index (χ0v) is 13.5. The summed E-state index contributed by atoms with van der Waals surface area (Å²) in [6, 6.07) is 5.76. The molecule has 8 heteroatoms. The highest BCUT2D eigenvalue weighted by molar-refractivity contribution is 7.89. The summed E-state index contributed by atoms with van der Waals surface area (Å²) in [5.41, 5.74) is 1.42. The number of nitrogens with one attached hydrogen (secondary N) is 2. The van der Waals surface area contributed by atoms with Gasteiger partial charge in [-0.3, -0.25) is 10.1 Å². The Bertz CT molecular complexity index is 793. The van der Waals surface area contributed by atoms with E-state index in [2.05, 4.69) is 15.0 Å². The summed E-state index contributed by atoms with van der Waals surface area (Å²) in [6.07, 6.45) is 2.33. The number of aromatic nitrogens is 1. The maximum Gasteiger partial charge on any atom is 0.257 e. The molecule has 0 bridgehead atoms. The first-order valence-corrected chi connectivity index (χ1v) is 9.16. The Balaban J connectivity index is 1.71. The molecule has 1 fully saturated rings. The van der Waals surface area contributed by atoms with Crippen molar-refractivity contribution >= 4 is 32.4 Å². The van der Waals surface area contributed by atoms with Crippen molar-refractivity contribution < 1.29 is 13.2 Å². The molecule has 6 nitrogen and oxygen atoms in total. The minimum Gasteiger partial charge on any atom is -0.298 e. The number of sulfonamides is 1. The van der Waals surface area contributed by atoms with Gasteiger partial charge >= 0.3 is 0 Å². The van der Waals surface area contributed by atoms with E-state index in [0.717, 1.165) is 5.69 Å². The molecule has 0 atom stereocenters. The molecule has 1 amide bonds. The van der Waals surface area contributed by atoms with Crippen LogP contribution >= 0.6 is 11.3 Å². The average Bonchev–Trinajstić information content (AvgIpc) is 3.27. The lowest BCUT2D eigenvalue weighted by Crippen LogP contribution is -2.19. The first-order chi connectivity index (χ1) is 10.5. The highest BCUT2D eigenvalue weighted by Gasteiger charge is 2.26. The number of rotatable bonds is 5. The molecule has 1 heterocycles. The van der Waals surface area contributed by atoms with Gasteiger partial charge in [0.2, 0.25) is 10.0 Å². The normalized spacial score (nSPS) is 14.8. The standard InChI is InChI=1S/C14H15N3O3S2/c1-15-22(19,20)11-6-4-10(5-7-11)13(18)17-14-16-12(8-21-14)9-2-3-9/h4-9,15H,2-3H2,1H3,(H,16,17,18). The number of amides is 1. The van der Waals surface area contributed by atoms with Crippen LogP contribution in [0.5, 0.6) is 0 Å². The van der Waals surface area contributed by atoms with Gasteiger partial charge in [-0.2, -0.15) is 0 Å². The van der Waals surface area contributed by atoms with Crippen LogP contribution < -0.4 is 10.0 Å². The summed E-state index contributed by atoms with van der Waals surface area (Å²) in [4.78, 5) is 16.6. The van der Waals surface area contributed by atoms with Gasteiger partial charge in [0.15, 0.2) is 5.13 Å². The minimum atomic E-state index is -3.49. The average molecular weight is 337 g/mol. The number of thiazole rings is 1. The van der Waals surface area contributed by atoms with E-state index < -0.39 is 10.0 Å². The van der Waals surface area contributed by atoms with Gasteiger partial charge in [0.1, 0.15) is 0 Å². The van der Waals surface area contributed by atoms with Crippen LogP contribution in [0.1, 0.15) is 34.8 Å². The number of hydrogen-bond donors (Lipinski definition) is 2. The monoisotopic (exact) mass is 337 g/mol. The largest absolute Gasteiger partial charge is 0.298 e. The lowest BCUT2D eigenvalue weighted by molar-refractivity contribution is 0.102. The predicted molar refractivity (Wildman–Crippen MR) is 84.7 cm³/mol. The van der Waals surface area contributed by atoms with Crippen molar-refractivity contribution in [3.63, 3.8) is 0 Å². The smallest absolute Gasteiger partial charge is 0.257 e. The maximum absolute atomic E-state index is 12.1. The van der Waals surface area contributed by atoms with Crippen LogP contribution in [-0.2, 0) is 10.0 Å². The van der Waals surface area contributed by atoms with Crippen molar-refractivity contribution in [2.45, 2.75) is 23.7 Å². The topological polar surface area (TPSA) is 88.2 Å². The van der Waals surface area contributed by atoms with Gasteiger partial charge in [0, 0.05) is 16.9 Å². The highest BCUT2D eigenvalue weighted by atomic mass is 32.2. The van der Waals surface area contributed by atoms with Gasteiger partial charge in [-0.1, -0.05) is 0 Å². The third-order valence-electron chi connectivity index (χ3n) is 3.43. The summed E-state index contributed by atoms with van der Waals surface area (Å²) >= 11 is 1.40. The van der Waals surface area contributed by atoms with E-state index in [9.17, 15) is 13.2 Å². The van der Waals surface area contributed by atoms with Gasteiger partial charge in [-0.05, 0) is 44.2 Å². The SMILES string of the molecule is CNS(=O)(=O)c1ccc(C(=O)Nc2nc(C3CC3)cs2)cc1. The van der Waals surface area contributed by atoms with Crippen LogP contribution in [-0.4, -0.2) is 26.4 Å². The fourth-order valence-electron chi connectivity index (χ4n) is 1.98. The number of carbonyl (C=O) groups excluding carboxylic acids is 1. The van der Waals surface area contributed by atoms with E-state index in [-0.39, 0.29) is 10.8 Å². The Morgan fingerprint density at radius 2 is 1.95 bits per heavy atom. The molecule has 1 saturated carbocycles. The van der Waals surface area contributed by atoms with Gasteiger partial charge < -0.3 is 0 Å². The van der Waals surface area contributed by atoms with Crippen molar-refractivity contribution in [2.75, 3.05) is 12.4 Å². The molecule has 3 rings (SSSR count). The molecule has 1 aliphatic carbocycles. The van der Waals surface area contributed by atoms with Crippen molar-refractivity contribution in [2.24, 2.45) is 0 Å². The molecule has 1 aromatic carbocycles. The first kappa shape index (κ1) is 15.1. The molecular weight excluding hydrogens is 322 g/mol. The number of nitrogens with zero attached hydrogens (tertiary/aromatic N) is 1. The van der Waals surface area contributed by atoms with Crippen LogP contribution in [0.15, 0.2) is 34.5 Å². The molecule has 0 saturated heterocycles. The third kappa shape index (κ3) is 3.18. The van der Waals surface area contributed by atoms with Crippen LogP contribution in [0, 0.1) is 0 Å². The van der Waals surface area contributed by atoms with Crippen LogP contribution in [0.25, 0.3) is 0 Å². The summed E-state index contributed by atoms with van der Waals surface area (Å²) in [6.45, 7) is 0. The van der Waals surface area contributed by atoms with Crippen molar-refractivity contribution in [3.8, 4) is 0 Å². The molecule has 0 radical (unpaired) electrons. The van der Waals surface area contributed by atoms with E-state index >= 15 is 0 Å². The van der Waals surface area contributed by atoms with E-state index in [1.54, 1.807) is 0 Å². The Morgan fingerprint density at radius 1 is 1.27 bits per heavy atom. The van der Waals surface area contributed by atoms with Gasteiger partial charge in [-0.15, -0.1) is 11.3 Å². The molecule has 2 N–H and O–H groups in total. The Hall–Kier alpha value is -1.77. The lowest BCUT2D eigenvalue weighted by Gasteiger charge is -2.04. The van der Waals surface area contributed by atoms with Crippen LogP contribution in [0.2, 0.25) is 0 Å². The van der Waals surface area contributed by atoms with E-state index in [4.69, 9.17) is 0 Å². The molecule has 0 aliphatic heterocycles. The highest BCUT2D eigenvalue weighted by Crippen LogP contribution is 2.40. The summed E-state index contributed by atoms with van der Waals surface area (Å²) in [5.74, 6) is 0.248.